The molecule has 0 heterocycles. The Morgan fingerprint density at radius 1 is 0.316 bits per heavy atom. The zero-order chi connectivity index (χ0) is 68.6. The molecule has 0 aliphatic rings. The van der Waals surface area contributed by atoms with Crippen LogP contribution in [-0.4, -0.2) is 49.3 Å². The van der Waals surface area contributed by atoms with Gasteiger partial charge in [0.15, 0.2) is 6.10 Å². The highest BCUT2D eigenvalue weighted by atomic mass is 31.2. The van der Waals surface area contributed by atoms with Crippen molar-refractivity contribution >= 4 is 19.8 Å². The van der Waals surface area contributed by atoms with Crippen LogP contribution < -0.4 is 5.73 Å². The molecule has 0 rings (SSSR count). The fourth-order valence-electron chi connectivity index (χ4n) is 9.96. The number of allylic oxidation sites excluding steroid dienone is 32. The van der Waals surface area contributed by atoms with Crippen molar-refractivity contribution in [3.63, 3.8) is 0 Å². The summed E-state index contributed by atoms with van der Waals surface area (Å²) in [7, 11) is -4.41. The highest BCUT2D eigenvalue weighted by Crippen LogP contribution is 2.43. The van der Waals surface area contributed by atoms with Crippen molar-refractivity contribution in [1.82, 2.24) is 0 Å². The van der Waals surface area contributed by atoms with Crippen LogP contribution in [0.4, 0.5) is 0 Å². The number of unbranched alkanes of at least 4 members (excludes halogenated alkanes) is 24. The van der Waals surface area contributed by atoms with Crippen molar-refractivity contribution in [2.45, 2.75) is 302 Å². The van der Waals surface area contributed by atoms with Gasteiger partial charge in [0.2, 0.25) is 0 Å². The Kier molecular flexibility index (Phi) is 73.6. The van der Waals surface area contributed by atoms with Gasteiger partial charge in [0.25, 0.3) is 0 Å². The summed E-state index contributed by atoms with van der Waals surface area (Å²) in [5.41, 5.74) is 5.41. The third kappa shape index (κ3) is 77.7. The van der Waals surface area contributed by atoms with Gasteiger partial charge in [0.05, 0.1) is 13.2 Å². The van der Waals surface area contributed by atoms with Crippen molar-refractivity contribution in [1.29, 1.82) is 0 Å². The molecule has 0 aliphatic heterocycles. The van der Waals surface area contributed by atoms with Crippen LogP contribution in [0.25, 0.3) is 0 Å². The molecular weight excluding hydrogens is 1190 g/mol. The summed E-state index contributed by atoms with van der Waals surface area (Å²) < 4.78 is 33.2. The minimum Gasteiger partial charge on any atom is -0.462 e. The number of nitrogens with two attached hydrogens (primary N) is 1. The molecule has 0 spiro atoms. The molecular formula is C85H138NO8P. The number of hydrogen-bond donors (Lipinski definition) is 2. The Morgan fingerprint density at radius 2 is 0.547 bits per heavy atom. The molecule has 10 heteroatoms. The number of hydrogen-bond acceptors (Lipinski definition) is 8. The molecule has 2 unspecified atom stereocenters. The van der Waals surface area contributed by atoms with Gasteiger partial charge in [-0.2, -0.15) is 0 Å². The van der Waals surface area contributed by atoms with E-state index in [1.165, 1.54) is 109 Å². The summed E-state index contributed by atoms with van der Waals surface area (Å²) >= 11 is 0. The van der Waals surface area contributed by atoms with Gasteiger partial charge in [-0.05, 0) is 141 Å². The van der Waals surface area contributed by atoms with Crippen molar-refractivity contribution in [3.8, 4) is 0 Å². The number of rotatable bonds is 69. The van der Waals surface area contributed by atoms with E-state index in [1.807, 2.05) is 0 Å². The average Bonchev–Trinajstić information content (AvgIpc) is 2.75. The van der Waals surface area contributed by atoms with E-state index in [4.69, 9.17) is 24.3 Å². The highest BCUT2D eigenvalue weighted by Gasteiger charge is 2.26. The van der Waals surface area contributed by atoms with Crippen molar-refractivity contribution in [2.75, 3.05) is 26.4 Å². The molecule has 2 atom stereocenters. The summed E-state index contributed by atoms with van der Waals surface area (Å²) in [5.74, 6) is -0.838. The van der Waals surface area contributed by atoms with Crippen molar-refractivity contribution in [3.05, 3.63) is 194 Å². The third-order valence-electron chi connectivity index (χ3n) is 15.5. The lowest BCUT2D eigenvalue weighted by molar-refractivity contribution is -0.161. The maximum atomic E-state index is 12.8. The Morgan fingerprint density at radius 3 is 0.811 bits per heavy atom. The minimum atomic E-state index is -4.41. The molecule has 0 amide bonds. The monoisotopic (exact) mass is 1330 g/mol. The predicted molar refractivity (Wildman–Crippen MR) is 412 cm³/mol. The largest absolute Gasteiger partial charge is 0.472 e. The van der Waals surface area contributed by atoms with Gasteiger partial charge < -0.3 is 20.1 Å². The standard InChI is InChI=1S/C85H138NO8P/c1-3-5-7-9-11-13-15-17-19-21-23-25-27-29-31-33-35-37-38-39-40-41-42-43-44-46-48-50-52-54-56-58-60-62-64-66-68-70-72-74-76-78-85(88)94-83(82-93-95(89,90)92-80-79-86)81-91-84(87)77-75-73-71-69-67-65-63-61-59-57-55-53-51-49-47-45-36-34-32-30-28-26-24-22-20-18-16-14-12-10-8-6-4-2/h5-8,11-14,17-20,23-26,29-32,35-37,39-40,42-43,45-46,48-49,51,83H,3-4,9-10,15-16,21-22,27-28,33-34,38,41,44,47,50,52-82,86H2,1-2H3,(H,89,90)/b7-5-,8-6-,13-11-,14-12-,19-17-,20-18-,25-23-,26-24-,31-29-,32-30-,37-35-,40-39-,43-42-,45-36-,48-46-,51-49-. The number of ether oxygens (including phenoxy) is 2. The molecule has 0 bridgehead atoms. The number of esters is 2. The van der Waals surface area contributed by atoms with Gasteiger partial charge >= 0.3 is 19.8 Å². The molecule has 0 saturated heterocycles. The van der Waals surface area contributed by atoms with Crippen LogP contribution >= 0.6 is 7.82 Å². The first kappa shape index (κ1) is 89.8. The molecule has 95 heavy (non-hydrogen) atoms. The number of phosphoric acid groups is 1. The van der Waals surface area contributed by atoms with Crippen molar-refractivity contribution in [2.24, 2.45) is 5.73 Å². The lowest BCUT2D eigenvalue weighted by Gasteiger charge is -2.19. The second-order valence-electron chi connectivity index (χ2n) is 24.4. The molecule has 0 fully saturated rings. The van der Waals surface area contributed by atoms with Crippen LogP contribution in [0.15, 0.2) is 194 Å². The van der Waals surface area contributed by atoms with E-state index in [-0.39, 0.29) is 38.6 Å². The molecule has 9 nitrogen and oxygen atoms in total. The number of carbonyl (C=O) groups excluding carboxylic acids is 2. The van der Waals surface area contributed by atoms with Crippen LogP contribution in [0.2, 0.25) is 0 Å². The van der Waals surface area contributed by atoms with Gasteiger partial charge in [-0.25, -0.2) is 4.57 Å². The van der Waals surface area contributed by atoms with E-state index in [2.05, 4.69) is 208 Å². The van der Waals surface area contributed by atoms with E-state index in [1.54, 1.807) is 0 Å². The Hall–Kier alpha value is -5.15. The van der Waals surface area contributed by atoms with E-state index in [0.717, 1.165) is 154 Å². The quantitative estimate of drug-likeness (QED) is 0.0264. The van der Waals surface area contributed by atoms with E-state index >= 15 is 0 Å². The first-order chi connectivity index (χ1) is 46.8. The fraction of sp³-hybridized carbons (Fsp3) is 0.600. The molecule has 0 radical (unpaired) electrons. The maximum Gasteiger partial charge on any atom is 0.472 e. The molecule has 0 aliphatic carbocycles. The summed E-state index contributed by atoms with van der Waals surface area (Å²) in [6.07, 6.45) is 118. The van der Waals surface area contributed by atoms with Gasteiger partial charge in [0.1, 0.15) is 6.61 Å². The van der Waals surface area contributed by atoms with E-state index in [9.17, 15) is 19.0 Å². The smallest absolute Gasteiger partial charge is 0.462 e. The molecule has 0 aromatic heterocycles. The summed E-state index contributed by atoms with van der Waals surface area (Å²) in [6, 6.07) is 0. The Bertz CT molecular complexity index is 2270. The summed E-state index contributed by atoms with van der Waals surface area (Å²) in [5, 5.41) is 0. The van der Waals surface area contributed by atoms with Crippen LogP contribution in [-0.2, 0) is 32.7 Å². The maximum absolute atomic E-state index is 12.8. The topological polar surface area (TPSA) is 134 Å². The molecule has 536 valence electrons. The number of carbonyl (C=O) groups is 2. The Balaban J connectivity index is 3.93. The predicted octanol–water partition coefficient (Wildman–Crippen LogP) is 25.6. The van der Waals surface area contributed by atoms with E-state index in [0.29, 0.717) is 6.42 Å². The normalized spacial score (nSPS) is 14.0. The minimum absolute atomic E-state index is 0.0448. The van der Waals surface area contributed by atoms with Gasteiger partial charge in [-0.3, -0.25) is 18.6 Å². The summed E-state index contributed by atoms with van der Waals surface area (Å²) in [4.78, 5) is 35.4. The SMILES string of the molecule is CC/C=C\C/C=C\C/C=C\C/C=C\C/C=C\C/C=C\C/C=C\C/C=C\C/C=C\CCCCCCCCCCCCCCCC(=O)OC(COC(=O)CCCCCCCCCCCCC/C=C\C/C=C\C/C=C\C/C=C\C/C=C\C/C=C\C/C=C\CC)COP(=O)(O)OCCN. The number of phosphoric ester groups is 1. The lowest BCUT2D eigenvalue weighted by atomic mass is 10.0. The lowest BCUT2D eigenvalue weighted by Crippen LogP contribution is -2.29. The highest BCUT2D eigenvalue weighted by molar-refractivity contribution is 7.47. The first-order valence-corrected chi connectivity index (χ1v) is 39.4. The first-order valence-electron chi connectivity index (χ1n) is 37.9. The fourth-order valence-corrected chi connectivity index (χ4v) is 10.7. The molecule has 0 saturated carbocycles. The van der Waals surface area contributed by atoms with Gasteiger partial charge in [-0.1, -0.05) is 337 Å². The van der Waals surface area contributed by atoms with Crippen LogP contribution in [0, 0.1) is 0 Å². The molecule has 0 aromatic rings. The van der Waals surface area contributed by atoms with Crippen LogP contribution in [0.3, 0.4) is 0 Å². The second kappa shape index (κ2) is 77.9. The Labute approximate surface area is 583 Å². The van der Waals surface area contributed by atoms with Crippen LogP contribution in [0.1, 0.15) is 296 Å². The second-order valence-corrected chi connectivity index (χ2v) is 25.9. The van der Waals surface area contributed by atoms with Crippen molar-refractivity contribution < 1.29 is 37.6 Å². The third-order valence-corrected chi connectivity index (χ3v) is 16.5. The average molecular weight is 1330 g/mol. The molecule has 0 aromatic carbocycles. The van der Waals surface area contributed by atoms with Gasteiger partial charge in [0, 0.05) is 19.4 Å². The zero-order valence-electron chi connectivity index (χ0n) is 60.3. The molecule has 3 N–H and O–H groups in total. The van der Waals surface area contributed by atoms with Crippen LogP contribution in [0.5, 0.6) is 0 Å². The zero-order valence-corrected chi connectivity index (χ0v) is 61.2. The van der Waals surface area contributed by atoms with Gasteiger partial charge in [-0.15, -0.1) is 0 Å². The van der Waals surface area contributed by atoms with E-state index < -0.39 is 26.5 Å². The summed E-state index contributed by atoms with van der Waals surface area (Å²) in [6.45, 7) is 3.51.